The normalized spacial score (nSPS) is 11.5. The lowest BCUT2D eigenvalue weighted by atomic mass is 10.1. The highest BCUT2D eigenvalue weighted by Crippen LogP contribution is 2.26. The fourth-order valence-corrected chi connectivity index (χ4v) is 4.23. The zero-order valence-electron chi connectivity index (χ0n) is 15.5. The number of fused-ring (bicyclic) bond motifs is 1. The topological polar surface area (TPSA) is 74.0 Å². The van der Waals surface area contributed by atoms with Crippen LogP contribution in [0.4, 0.5) is 0 Å². The Bertz CT molecular complexity index is 1230. The van der Waals surface area contributed by atoms with Gasteiger partial charge >= 0.3 is 0 Å². The van der Waals surface area contributed by atoms with Crippen molar-refractivity contribution < 1.29 is 4.42 Å². The third-order valence-electron chi connectivity index (χ3n) is 4.83. The zero-order chi connectivity index (χ0) is 19.1. The van der Waals surface area contributed by atoms with E-state index >= 15 is 0 Å². The van der Waals surface area contributed by atoms with Gasteiger partial charge in [-0.25, -0.2) is 4.68 Å². The number of para-hydroxylation sites is 1. The molecule has 0 atom stereocenters. The third kappa shape index (κ3) is 2.82. The van der Waals surface area contributed by atoms with E-state index in [2.05, 4.69) is 41.3 Å². The highest BCUT2D eigenvalue weighted by Gasteiger charge is 2.17. The molecule has 0 aliphatic heterocycles. The molecule has 0 saturated heterocycles. The molecule has 4 aromatic heterocycles. The van der Waals surface area contributed by atoms with Crippen LogP contribution in [0.15, 0.2) is 53.1 Å². The second-order valence-corrected chi connectivity index (χ2v) is 7.55. The molecular weight excluding hydrogens is 372 g/mol. The molecule has 5 aromatic rings. The molecule has 0 radical (unpaired) electrons. The Morgan fingerprint density at radius 3 is 2.61 bits per heavy atom. The first-order valence-electron chi connectivity index (χ1n) is 9.06. The summed E-state index contributed by atoms with van der Waals surface area (Å²) in [6, 6.07) is 13.9. The molecule has 0 N–H and O–H groups in total. The molecule has 1 aromatic carbocycles. The van der Waals surface area contributed by atoms with Gasteiger partial charge < -0.3 is 4.42 Å². The number of benzene rings is 1. The van der Waals surface area contributed by atoms with Gasteiger partial charge in [0.25, 0.3) is 0 Å². The van der Waals surface area contributed by atoms with Crippen LogP contribution in [0.25, 0.3) is 21.4 Å². The van der Waals surface area contributed by atoms with Crippen LogP contribution in [0.3, 0.4) is 0 Å². The summed E-state index contributed by atoms with van der Waals surface area (Å²) in [6.45, 7) is 4.17. The van der Waals surface area contributed by atoms with E-state index in [4.69, 9.17) is 9.52 Å². The van der Waals surface area contributed by atoms with Crippen LogP contribution in [0.5, 0.6) is 0 Å². The van der Waals surface area contributed by atoms with E-state index in [0.29, 0.717) is 0 Å². The second kappa shape index (κ2) is 6.72. The lowest BCUT2D eigenvalue weighted by molar-refractivity contribution is 0.580. The van der Waals surface area contributed by atoms with Crippen molar-refractivity contribution in [3.63, 3.8) is 0 Å². The van der Waals surface area contributed by atoms with Gasteiger partial charge in [0.05, 0.1) is 17.6 Å². The molecule has 0 fully saturated rings. The second-order valence-electron chi connectivity index (χ2n) is 6.59. The van der Waals surface area contributed by atoms with Crippen molar-refractivity contribution in [2.24, 2.45) is 0 Å². The average molecular weight is 390 g/mol. The summed E-state index contributed by atoms with van der Waals surface area (Å²) in [4.78, 5) is 0.773. The molecule has 0 saturated carbocycles. The van der Waals surface area contributed by atoms with Crippen molar-refractivity contribution in [1.29, 1.82) is 0 Å². The molecule has 4 heterocycles. The van der Waals surface area contributed by atoms with E-state index in [0.717, 1.165) is 51.5 Å². The quantitative estimate of drug-likeness (QED) is 0.453. The Balaban J connectivity index is 1.42. The number of aryl methyl sites for hydroxylation is 2. The van der Waals surface area contributed by atoms with Crippen LogP contribution < -0.4 is 0 Å². The van der Waals surface area contributed by atoms with Crippen LogP contribution in [0.1, 0.15) is 22.8 Å². The standard InChI is InChI=1S/C20H18N6OS/c1-13-16(14(2)25(23-13)15-7-4-3-5-8-15)10-11-18-21-22-20-26(18)24-19(28-20)17-9-6-12-27-17/h3-9,12H,10-11H2,1-2H3. The van der Waals surface area contributed by atoms with E-state index in [9.17, 15) is 0 Å². The van der Waals surface area contributed by atoms with Crippen LogP contribution in [-0.4, -0.2) is 29.6 Å². The molecule has 0 unspecified atom stereocenters. The Labute approximate surface area is 165 Å². The van der Waals surface area contributed by atoms with E-state index in [1.54, 1.807) is 6.26 Å². The maximum atomic E-state index is 5.44. The van der Waals surface area contributed by atoms with Crippen molar-refractivity contribution in [3.05, 3.63) is 71.5 Å². The smallest absolute Gasteiger partial charge is 0.235 e. The number of aromatic nitrogens is 6. The minimum absolute atomic E-state index is 0.741. The Morgan fingerprint density at radius 2 is 1.82 bits per heavy atom. The van der Waals surface area contributed by atoms with Gasteiger partial charge in [0, 0.05) is 12.1 Å². The van der Waals surface area contributed by atoms with Gasteiger partial charge in [0.1, 0.15) is 0 Å². The van der Waals surface area contributed by atoms with Crippen LogP contribution >= 0.6 is 11.3 Å². The van der Waals surface area contributed by atoms with Gasteiger partial charge in [-0.05, 0) is 50.1 Å². The largest absolute Gasteiger partial charge is 0.462 e. The molecule has 0 aliphatic rings. The predicted molar refractivity (Wildman–Crippen MR) is 107 cm³/mol. The van der Waals surface area contributed by atoms with Gasteiger partial charge in [-0.2, -0.15) is 9.61 Å². The lowest BCUT2D eigenvalue weighted by Gasteiger charge is -2.05. The van der Waals surface area contributed by atoms with Gasteiger partial charge in [-0.3, -0.25) is 0 Å². The minimum Gasteiger partial charge on any atom is -0.462 e. The summed E-state index contributed by atoms with van der Waals surface area (Å²) in [5.41, 5.74) is 4.50. The van der Waals surface area contributed by atoms with Crippen molar-refractivity contribution in [2.45, 2.75) is 26.7 Å². The predicted octanol–water partition coefficient (Wildman–Crippen LogP) is 4.03. The molecular formula is C20H18N6OS. The van der Waals surface area contributed by atoms with Crippen LogP contribution in [-0.2, 0) is 12.8 Å². The first-order valence-corrected chi connectivity index (χ1v) is 9.88. The minimum atomic E-state index is 0.741. The molecule has 7 nitrogen and oxygen atoms in total. The molecule has 28 heavy (non-hydrogen) atoms. The van der Waals surface area contributed by atoms with Crippen LogP contribution in [0.2, 0.25) is 0 Å². The summed E-state index contributed by atoms with van der Waals surface area (Å²) >= 11 is 1.47. The first-order chi connectivity index (χ1) is 13.7. The van der Waals surface area contributed by atoms with Crippen molar-refractivity contribution in [2.75, 3.05) is 0 Å². The van der Waals surface area contributed by atoms with E-state index in [1.165, 1.54) is 16.9 Å². The van der Waals surface area contributed by atoms with Crippen molar-refractivity contribution in [1.82, 2.24) is 29.6 Å². The van der Waals surface area contributed by atoms with Gasteiger partial charge in [-0.15, -0.1) is 15.3 Å². The Hall–Kier alpha value is -3.26. The third-order valence-corrected chi connectivity index (χ3v) is 5.74. The molecule has 8 heteroatoms. The maximum Gasteiger partial charge on any atom is 0.235 e. The molecule has 140 valence electrons. The molecule has 0 aliphatic carbocycles. The van der Waals surface area contributed by atoms with Gasteiger partial charge in [0.2, 0.25) is 4.96 Å². The van der Waals surface area contributed by atoms with Gasteiger partial charge in [-0.1, -0.05) is 29.5 Å². The summed E-state index contributed by atoms with van der Waals surface area (Å²) in [5.74, 6) is 1.59. The van der Waals surface area contributed by atoms with E-state index in [-0.39, 0.29) is 0 Å². The number of hydrogen-bond acceptors (Lipinski definition) is 6. The molecule has 5 rings (SSSR count). The van der Waals surface area contributed by atoms with Crippen molar-refractivity contribution >= 4 is 16.3 Å². The SMILES string of the molecule is Cc1nn(-c2ccccc2)c(C)c1CCc1nnc2sc(-c3ccco3)nn12. The first kappa shape index (κ1) is 16.9. The number of furan rings is 1. The Morgan fingerprint density at radius 1 is 0.964 bits per heavy atom. The number of rotatable bonds is 5. The summed E-state index contributed by atoms with van der Waals surface area (Å²) in [6.07, 6.45) is 3.22. The summed E-state index contributed by atoms with van der Waals surface area (Å²) < 4.78 is 9.26. The molecule has 0 spiro atoms. The Kier molecular flexibility index (Phi) is 4.05. The van der Waals surface area contributed by atoms with E-state index < -0.39 is 0 Å². The number of hydrogen-bond donors (Lipinski definition) is 0. The number of nitrogens with zero attached hydrogens (tertiary/aromatic N) is 6. The van der Waals surface area contributed by atoms with Crippen molar-refractivity contribution in [3.8, 4) is 16.5 Å². The summed E-state index contributed by atoms with van der Waals surface area (Å²) in [7, 11) is 0. The average Bonchev–Trinajstić information content (AvgIpc) is 3.47. The highest BCUT2D eigenvalue weighted by atomic mass is 32.1. The maximum absolute atomic E-state index is 5.44. The fraction of sp³-hybridized carbons (Fsp3) is 0.200. The van der Waals surface area contributed by atoms with E-state index in [1.807, 2.05) is 39.5 Å². The highest BCUT2D eigenvalue weighted by molar-refractivity contribution is 7.19. The summed E-state index contributed by atoms with van der Waals surface area (Å²) in [5, 5.41) is 18.7. The lowest BCUT2D eigenvalue weighted by Crippen LogP contribution is -2.02. The monoisotopic (exact) mass is 390 g/mol. The zero-order valence-corrected chi connectivity index (χ0v) is 16.3. The molecule has 0 amide bonds. The van der Waals surface area contributed by atoms with Gasteiger partial charge in [0.15, 0.2) is 16.6 Å². The van der Waals surface area contributed by atoms with Crippen LogP contribution in [0, 0.1) is 13.8 Å². The fourth-order valence-electron chi connectivity index (χ4n) is 3.41. The molecule has 0 bridgehead atoms.